The van der Waals surface area contributed by atoms with Crippen LogP contribution in [0.15, 0.2) is 53.3 Å². The summed E-state index contributed by atoms with van der Waals surface area (Å²) in [6, 6.07) is 13.8. The fourth-order valence-electron chi connectivity index (χ4n) is 2.57. The van der Waals surface area contributed by atoms with Gasteiger partial charge in [-0.15, -0.1) is 0 Å². The van der Waals surface area contributed by atoms with Crippen molar-refractivity contribution in [2.45, 2.75) is 0 Å². The predicted molar refractivity (Wildman–Crippen MR) is 73.0 cm³/mol. The third-order valence-corrected chi connectivity index (χ3v) is 3.39. The van der Waals surface area contributed by atoms with E-state index in [1.807, 2.05) is 28.7 Å². The third kappa shape index (κ3) is 1.34. The number of hydrogen-bond donors (Lipinski definition) is 1. The molecule has 0 atom stereocenters. The summed E-state index contributed by atoms with van der Waals surface area (Å²) >= 11 is 0. The molecule has 0 saturated heterocycles. The van der Waals surface area contributed by atoms with E-state index in [-0.39, 0.29) is 11.4 Å². The molecule has 0 fully saturated rings. The minimum absolute atomic E-state index is 0.171. The molecule has 0 aliphatic heterocycles. The summed E-state index contributed by atoms with van der Waals surface area (Å²) in [5.74, 6) is -0.302. The first-order valence-electron chi connectivity index (χ1n) is 5.96. The van der Waals surface area contributed by atoms with Gasteiger partial charge in [0.25, 0.3) is 5.56 Å². The van der Waals surface area contributed by atoms with Gasteiger partial charge in [-0.2, -0.15) is 0 Å². The van der Waals surface area contributed by atoms with E-state index in [0.29, 0.717) is 5.52 Å². The van der Waals surface area contributed by atoms with E-state index >= 15 is 0 Å². The molecule has 4 heteroatoms. The number of halogens is 1. The lowest BCUT2D eigenvalue weighted by Crippen LogP contribution is -2.09. The Bertz CT molecular complexity index is 997. The molecule has 2 aromatic carbocycles. The van der Waals surface area contributed by atoms with Crippen LogP contribution in [0.25, 0.3) is 27.5 Å². The van der Waals surface area contributed by atoms with Crippen LogP contribution in [0.4, 0.5) is 4.39 Å². The van der Waals surface area contributed by atoms with E-state index in [1.54, 1.807) is 12.1 Å². The highest BCUT2D eigenvalue weighted by Gasteiger charge is 2.09. The predicted octanol–water partition coefficient (Wildman–Crippen LogP) is 3.07. The van der Waals surface area contributed by atoms with E-state index in [9.17, 15) is 9.18 Å². The summed E-state index contributed by atoms with van der Waals surface area (Å²) in [6.45, 7) is 0. The Kier molecular flexibility index (Phi) is 1.87. The van der Waals surface area contributed by atoms with Crippen molar-refractivity contribution in [2.24, 2.45) is 0 Å². The Morgan fingerprint density at radius 1 is 0.947 bits per heavy atom. The molecule has 0 amide bonds. The maximum absolute atomic E-state index is 13.3. The van der Waals surface area contributed by atoms with E-state index in [2.05, 4.69) is 4.98 Å². The minimum atomic E-state index is -0.302. The van der Waals surface area contributed by atoms with E-state index in [1.165, 1.54) is 12.1 Å². The Hall–Kier alpha value is -2.62. The molecule has 1 N–H and O–H groups in total. The average molecular weight is 252 g/mol. The fourth-order valence-corrected chi connectivity index (χ4v) is 2.57. The van der Waals surface area contributed by atoms with Gasteiger partial charge in [-0.3, -0.25) is 4.79 Å². The van der Waals surface area contributed by atoms with Crippen molar-refractivity contribution in [2.75, 3.05) is 0 Å². The average Bonchev–Trinajstić information content (AvgIpc) is 2.78. The van der Waals surface area contributed by atoms with Crippen LogP contribution in [0.3, 0.4) is 0 Å². The topological polar surface area (TPSA) is 37.3 Å². The highest BCUT2D eigenvalue weighted by atomic mass is 19.1. The monoisotopic (exact) mass is 252 g/mol. The standard InChI is InChI=1S/C15H9FN2O/c16-10-5-6-12-9(7-10)8-14-15(19)17-11-3-1-2-4-13(11)18(12)14/h1-8H,(H,17,19). The number of para-hydroxylation sites is 2. The first-order valence-corrected chi connectivity index (χ1v) is 5.96. The summed E-state index contributed by atoms with van der Waals surface area (Å²) in [5.41, 5.74) is 2.86. The number of nitrogens with zero attached hydrogens (tertiary/aromatic N) is 1. The van der Waals surface area contributed by atoms with Gasteiger partial charge in [-0.1, -0.05) is 12.1 Å². The zero-order chi connectivity index (χ0) is 13.0. The van der Waals surface area contributed by atoms with Crippen molar-refractivity contribution in [1.29, 1.82) is 0 Å². The second-order valence-corrected chi connectivity index (χ2v) is 4.54. The second-order valence-electron chi connectivity index (χ2n) is 4.54. The Labute approximate surface area is 106 Å². The molecule has 19 heavy (non-hydrogen) atoms. The lowest BCUT2D eigenvalue weighted by molar-refractivity contribution is 0.629. The molecule has 3 nitrogen and oxygen atoms in total. The largest absolute Gasteiger partial charge is 0.319 e. The van der Waals surface area contributed by atoms with E-state index in [4.69, 9.17) is 0 Å². The molecular formula is C15H9FN2O. The Balaban J connectivity index is 2.39. The molecule has 92 valence electrons. The van der Waals surface area contributed by atoms with Crippen molar-refractivity contribution in [3.8, 4) is 0 Å². The van der Waals surface area contributed by atoms with Gasteiger partial charge < -0.3 is 9.38 Å². The summed E-state index contributed by atoms with van der Waals surface area (Å²) in [7, 11) is 0. The SMILES string of the molecule is O=c1[nH]c2ccccc2n2c1cc1cc(F)ccc12. The summed E-state index contributed by atoms with van der Waals surface area (Å²) in [5, 5.41) is 0.724. The smallest absolute Gasteiger partial charge is 0.272 e. The second kappa shape index (κ2) is 3.45. The van der Waals surface area contributed by atoms with Crippen LogP contribution in [0, 0.1) is 5.82 Å². The molecule has 0 aliphatic carbocycles. The van der Waals surface area contributed by atoms with Gasteiger partial charge in [-0.05, 0) is 36.4 Å². The van der Waals surface area contributed by atoms with Gasteiger partial charge in [0.2, 0.25) is 0 Å². The van der Waals surface area contributed by atoms with Gasteiger partial charge in [-0.25, -0.2) is 4.39 Å². The molecule has 0 aliphatic rings. The molecule has 2 heterocycles. The van der Waals surface area contributed by atoms with Gasteiger partial charge >= 0.3 is 0 Å². The van der Waals surface area contributed by atoms with E-state index in [0.717, 1.165) is 21.9 Å². The van der Waals surface area contributed by atoms with Gasteiger partial charge in [0.15, 0.2) is 0 Å². The lowest BCUT2D eigenvalue weighted by Gasteiger charge is -2.03. The van der Waals surface area contributed by atoms with Crippen LogP contribution in [0.1, 0.15) is 0 Å². The normalized spacial score (nSPS) is 11.6. The molecule has 2 aromatic heterocycles. The molecular weight excluding hydrogens is 243 g/mol. The quantitative estimate of drug-likeness (QED) is 0.513. The van der Waals surface area contributed by atoms with Crippen molar-refractivity contribution in [1.82, 2.24) is 9.38 Å². The minimum Gasteiger partial charge on any atom is -0.319 e. The summed E-state index contributed by atoms with van der Waals surface area (Å²) < 4.78 is 15.1. The Morgan fingerprint density at radius 2 is 1.79 bits per heavy atom. The van der Waals surface area contributed by atoms with Crippen LogP contribution >= 0.6 is 0 Å². The maximum Gasteiger partial charge on any atom is 0.272 e. The molecule has 0 spiro atoms. The van der Waals surface area contributed by atoms with Gasteiger partial charge in [0.05, 0.1) is 16.6 Å². The van der Waals surface area contributed by atoms with E-state index < -0.39 is 0 Å². The number of nitrogens with one attached hydrogen (secondary N) is 1. The summed E-state index contributed by atoms with van der Waals surface area (Å²) in [4.78, 5) is 14.9. The number of rotatable bonds is 0. The van der Waals surface area contributed by atoms with Crippen molar-refractivity contribution in [3.63, 3.8) is 0 Å². The highest BCUT2D eigenvalue weighted by molar-refractivity contribution is 5.92. The fraction of sp³-hybridized carbons (Fsp3) is 0. The first kappa shape index (κ1) is 10.3. The third-order valence-electron chi connectivity index (χ3n) is 3.39. The Morgan fingerprint density at radius 3 is 2.68 bits per heavy atom. The maximum atomic E-state index is 13.3. The number of benzene rings is 2. The summed E-state index contributed by atoms with van der Waals surface area (Å²) in [6.07, 6.45) is 0. The van der Waals surface area contributed by atoms with Crippen LogP contribution < -0.4 is 5.56 Å². The van der Waals surface area contributed by atoms with Crippen molar-refractivity contribution in [3.05, 3.63) is 64.7 Å². The van der Waals surface area contributed by atoms with Gasteiger partial charge in [0.1, 0.15) is 11.3 Å². The number of aromatic nitrogens is 2. The highest BCUT2D eigenvalue weighted by Crippen LogP contribution is 2.23. The first-order chi connectivity index (χ1) is 9.24. The van der Waals surface area contributed by atoms with Crippen LogP contribution in [-0.2, 0) is 0 Å². The van der Waals surface area contributed by atoms with Crippen LogP contribution in [0.2, 0.25) is 0 Å². The lowest BCUT2D eigenvalue weighted by atomic mass is 10.2. The van der Waals surface area contributed by atoms with Crippen LogP contribution in [-0.4, -0.2) is 9.38 Å². The molecule has 0 unspecified atom stereocenters. The number of hydrogen-bond acceptors (Lipinski definition) is 1. The zero-order valence-electron chi connectivity index (χ0n) is 9.85. The molecule has 0 bridgehead atoms. The molecule has 0 radical (unpaired) electrons. The number of fused-ring (bicyclic) bond motifs is 5. The number of H-pyrrole nitrogens is 1. The number of aromatic amines is 1. The molecule has 4 rings (SSSR count). The van der Waals surface area contributed by atoms with Crippen molar-refractivity contribution >= 4 is 27.5 Å². The molecule has 4 aromatic rings. The van der Waals surface area contributed by atoms with Gasteiger partial charge in [0, 0.05) is 5.39 Å². The van der Waals surface area contributed by atoms with Crippen LogP contribution in [0.5, 0.6) is 0 Å². The zero-order valence-corrected chi connectivity index (χ0v) is 9.85. The van der Waals surface area contributed by atoms with Crippen molar-refractivity contribution < 1.29 is 4.39 Å². The molecule has 0 saturated carbocycles.